The second-order valence-corrected chi connectivity index (χ2v) is 9.95. The number of hydrogen-bond donors (Lipinski definition) is 0. The maximum Gasteiger partial charge on any atom is 0.189 e. The molecule has 1 fully saturated rings. The summed E-state index contributed by atoms with van der Waals surface area (Å²) in [5, 5.41) is 0. The fourth-order valence-electron chi connectivity index (χ4n) is 4.25. The summed E-state index contributed by atoms with van der Waals surface area (Å²) in [6.07, 6.45) is 0.767. The molecule has 0 amide bonds. The molecule has 4 rings (SSSR count). The minimum atomic E-state index is -0.960. The zero-order valence-corrected chi connectivity index (χ0v) is 19.1. The van der Waals surface area contributed by atoms with Crippen LogP contribution in [0.3, 0.4) is 0 Å². The predicted octanol–water partition coefficient (Wildman–Crippen LogP) is 6.96. The summed E-state index contributed by atoms with van der Waals surface area (Å²) in [6.45, 7) is 0. The van der Waals surface area contributed by atoms with E-state index in [0.717, 1.165) is 6.42 Å². The third kappa shape index (κ3) is 4.46. The Balaban J connectivity index is 1.68. The Kier molecular flexibility index (Phi) is 7.20. The zero-order valence-electron chi connectivity index (χ0n) is 17.4. The number of halogens is 1. The van der Waals surface area contributed by atoms with Crippen LogP contribution in [-0.4, -0.2) is 29.3 Å². The topological polar surface area (TPSA) is 15.7 Å². The van der Waals surface area contributed by atoms with E-state index in [-0.39, 0.29) is 18.2 Å². The lowest BCUT2D eigenvalue weighted by molar-refractivity contribution is 0.200. The smallest absolute Gasteiger partial charge is 0.189 e. The van der Waals surface area contributed by atoms with Gasteiger partial charge in [-0.25, -0.2) is 9.34 Å². The summed E-state index contributed by atoms with van der Waals surface area (Å²) in [6, 6.07) is 32.4. The second-order valence-electron chi connectivity index (χ2n) is 7.59. The Morgan fingerprint density at radius 1 is 0.767 bits per heavy atom. The SMILES string of the molecule is CN1[C@H](c2ccccc2)[C@@H](c2ccccc2)N(C)P1O[C@@H](CCCl)c1ccccc1. The number of benzene rings is 3. The van der Waals surface area contributed by atoms with Crippen LogP contribution in [0.2, 0.25) is 0 Å². The molecule has 5 heteroatoms. The highest BCUT2D eigenvalue weighted by Gasteiger charge is 2.47. The first-order chi connectivity index (χ1) is 14.7. The molecule has 0 radical (unpaired) electrons. The predicted molar refractivity (Wildman–Crippen MR) is 126 cm³/mol. The lowest BCUT2D eigenvalue weighted by Crippen LogP contribution is -2.20. The quantitative estimate of drug-likeness (QED) is 0.293. The van der Waals surface area contributed by atoms with Crippen molar-refractivity contribution in [1.82, 2.24) is 9.34 Å². The molecule has 0 unspecified atom stereocenters. The molecule has 3 atom stereocenters. The van der Waals surface area contributed by atoms with E-state index in [1.807, 2.05) is 6.07 Å². The summed E-state index contributed by atoms with van der Waals surface area (Å²) < 4.78 is 11.6. The van der Waals surface area contributed by atoms with Crippen LogP contribution in [0.15, 0.2) is 91.0 Å². The molecular weight excluding hydrogens is 411 g/mol. The zero-order chi connectivity index (χ0) is 20.9. The van der Waals surface area contributed by atoms with E-state index in [9.17, 15) is 0 Å². The lowest BCUT2D eigenvalue weighted by Gasteiger charge is -2.30. The van der Waals surface area contributed by atoms with Crippen molar-refractivity contribution in [3.8, 4) is 0 Å². The number of alkyl halides is 1. The van der Waals surface area contributed by atoms with Gasteiger partial charge in [0.15, 0.2) is 8.45 Å². The van der Waals surface area contributed by atoms with Crippen LogP contribution < -0.4 is 0 Å². The summed E-state index contributed by atoms with van der Waals surface area (Å²) in [5.74, 6) is 0.570. The summed E-state index contributed by atoms with van der Waals surface area (Å²) in [5.41, 5.74) is 3.80. The van der Waals surface area contributed by atoms with E-state index in [2.05, 4.69) is 108 Å². The van der Waals surface area contributed by atoms with Gasteiger partial charge >= 0.3 is 0 Å². The van der Waals surface area contributed by atoms with Gasteiger partial charge in [-0.2, -0.15) is 0 Å². The van der Waals surface area contributed by atoms with Crippen LogP contribution in [0.5, 0.6) is 0 Å². The molecule has 0 aliphatic carbocycles. The van der Waals surface area contributed by atoms with E-state index in [4.69, 9.17) is 16.1 Å². The molecule has 3 aromatic rings. The summed E-state index contributed by atoms with van der Waals surface area (Å²) in [7, 11) is 3.41. The fourth-order valence-corrected chi connectivity index (χ4v) is 6.59. The summed E-state index contributed by atoms with van der Waals surface area (Å²) in [4.78, 5) is 0. The molecule has 0 saturated carbocycles. The molecule has 1 aliphatic heterocycles. The van der Waals surface area contributed by atoms with Crippen LogP contribution in [0.1, 0.15) is 41.3 Å². The van der Waals surface area contributed by atoms with Crippen molar-refractivity contribution in [2.45, 2.75) is 24.6 Å². The molecule has 3 nitrogen and oxygen atoms in total. The van der Waals surface area contributed by atoms with Crippen molar-refractivity contribution in [2.24, 2.45) is 0 Å². The molecule has 1 saturated heterocycles. The van der Waals surface area contributed by atoms with Crippen molar-refractivity contribution >= 4 is 20.1 Å². The van der Waals surface area contributed by atoms with Crippen molar-refractivity contribution in [1.29, 1.82) is 0 Å². The van der Waals surface area contributed by atoms with Gasteiger partial charge in [0.05, 0.1) is 18.2 Å². The number of rotatable bonds is 7. The highest BCUT2D eigenvalue weighted by molar-refractivity contribution is 7.47. The Morgan fingerprint density at radius 3 is 1.63 bits per heavy atom. The third-order valence-electron chi connectivity index (χ3n) is 5.69. The maximum absolute atomic E-state index is 6.80. The first-order valence-electron chi connectivity index (χ1n) is 10.3. The van der Waals surface area contributed by atoms with Crippen LogP contribution in [0, 0.1) is 0 Å². The third-order valence-corrected chi connectivity index (χ3v) is 7.93. The van der Waals surface area contributed by atoms with Crippen LogP contribution in [0.25, 0.3) is 0 Å². The molecule has 1 heterocycles. The molecule has 0 N–H and O–H groups in total. The van der Waals surface area contributed by atoms with E-state index in [1.54, 1.807) is 0 Å². The fraction of sp³-hybridized carbons (Fsp3) is 0.280. The number of likely N-dealkylation sites (N-methyl/N-ethyl adjacent to an activating group) is 2. The van der Waals surface area contributed by atoms with Crippen LogP contribution >= 0.6 is 20.1 Å². The monoisotopic (exact) mass is 438 g/mol. The van der Waals surface area contributed by atoms with Crippen molar-refractivity contribution < 1.29 is 4.52 Å². The van der Waals surface area contributed by atoms with Crippen molar-refractivity contribution in [3.05, 3.63) is 108 Å². The Bertz CT molecular complexity index is 861. The first kappa shape index (κ1) is 21.5. The average Bonchev–Trinajstić information content (AvgIpc) is 3.05. The molecule has 0 spiro atoms. The Labute approximate surface area is 186 Å². The molecule has 30 heavy (non-hydrogen) atoms. The molecule has 3 aromatic carbocycles. The molecule has 0 aromatic heterocycles. The second kappa shape index (κ2) is 10.0. The Hall–Kier alpha value is -1.74. The van der Waals surface area contributed by atoms with Gasteiger partial charge in [-0.15, -0.1) is 11.6 Å². The molecule has 156 valence electrons. The molecular formula is C25H28ClN2OP. The van der Waals surface area contributed by atoms with Gasteiger partial charge in [-0.05, 0) is 37.2 Å². The van der Waals surface area contributed by atoms with E-state index in [1.165, 1.54) is 16.7 Å². The van der Waals surface area contributed by atoms with Crippen molar-refractivity contribution in [2.75, 3.05) is 20.0 Å². The van der Waals surface area contributed by atoms with Gasteiger partial charge < -0.3 is 4.52 Å². The van der Waals surface area contributed by atoms with E-state index >= 15 is 0 Å². The van der Waals surface area contributed by atoms with Crippen LogP contribution in [0.4, 0.5) is 0 Å². The Morgan fingerprint density at radius 2 is 1.20 bits per heavy atom. The largest absolute Gasteiger partial charge is 0.323 e. The average molecular weight is 439 g/mol. The van der Waals surface area contributed by atoms with E-state index < -0.39 is 8.45 Å². The van der Waals surface area contributed by atoms with Crippen LogP contribution in [-0.2, 0) is 4.52 Å². The van der Waals surface area contributed by atoms with Gasteiger partial charge in [0.1, 0.15) is 0 Å². The van der Waals surface area contributed by atoms with Gasteiger partial charge in [-0.3, -0.25) is 0 Å². The first-order valence-corrected chi connectivity index (χ1v) is 12.0. The number of hydrogen-bond acceptors (Lipinski definition) is 3. The highest BCUT2D eigenvalue weighted by Crippen LogP contribution is 2.64. The van der Waals surface area contributed by atoms with Crippen molar-refractivity contribution in [3.63, 3.8) is 0 Å². The molecule has 0 bridgehead atoms. The minimum Gasteiger partial charge on any atom is -0.323 e. The standard InChI is InChI=1S/C25H28ClN2OP/c1-27-24(21-14-8-4-9-15-21)25(22-16-10-5-11-17-22)28(2)30(27)29-23(18-19-26)20-12-6-3-7-13-20/h3-17,23-25H,18-19H2,1-2H3/t23-,24+,25+/m0/s1. The van der Waals surface area contributed by atoms with Gasteiger partial charge in [0, 0.05) is 5.88 Å². The number of nitrogens with zero attached hydrogens (tertiary/aromatic N) is 2. The highest BCUT2D eigenvalue weighted by atomic mass is 35.5. The van der Waals surface area contributed by atoms with Gasteiger partial charge in [-0.1, -0.05) is 91.0 Å². The van der Waals surface area contributed by atoms with Gasteiger partial charge in [0.25, 0.3) is 0 Å². The van der Waals surface area contributed by atoms with E-state index in [0.29, 0.717) is 5.88 Å². The molecule has 1 aliphatic rings. The maximum atomic E-state index is 6.80. The van der Waals surface area contributed by atoms with Gasteiger partial charge in [0.2, 0.25) is 0 Å². The summed E-state index contributed by atoms with van der Waals surface area (Å²) >= 11 is 6.15. The minimum absolute atomic E-state index is 0.0225. The lowest BCUT2D eigenvalue weighted by atomic mass is 9.93. The normalized spacial score (nSPS) is 21.7.